The number of carbonyl (C=O) groups excluding carboxylic acids is 1. The molecule has 92 valence electrons. The van der Waals surface area contributed by atoms with Crippen LogP contribution in [0.3, 0.4) is 0 Å². The molecular formula is C12H13Cl2NO2. The summed E-state index contributed by atoms with van der Waals surface area (Å²) in [5.74, 6) is -0.173. The molecule has 3 nitrogen and oxygen atoms in total. The topological polar surface area (TPSA) is 38.3 Å². The van der Waals surface area contributed by atoms with Crippen molar-refractivity contribution in [1.82, 2.24) is 5.32 Å². The van der Waals surface area contributed by atoms with Gasteiger partial charge in [-0.05, 0) is 23.8 Å². The molecule has 1 N–H and O–H groups in total. The average molecular weight is 274 g/mol. The van der Waals surface area contributed by atoms with E-state index in [0.29, 0.717) is 23.2 Å². The lowest BCUT2D eigenvalue weighted by atomic mass is 10.2. The van der Waals surface area contributed by atoms with E-state index in [-0.39, 0.29) is 5.91 Å². The summed E-state index contributed by atoms with van der Waals surface area (Å²) in [5, 5.41) is 3.63. The molecule has 0 fully saturated rings. The van der Waals surface area contributed by atoms with Crippen molar-refractivity contribution in [2.24, 2.45) is 0 Å². The van der Waals surface area contributed by atoms with Crippen molar-refractivity contribution in [3.63, 3.8) is 0 Å². The Labute approximate surface area is 110 Å². The molecule has 5 heteroatoms. The number of nitrogens with one attached hydrogen (secondary N) is 1. The van der Waals surface area contributed by atoms with Gasteiger partial charge in [0.05, 0.1) is 16.7 Å². The summed E-state index contributed by atoms with van der Waals surface area (Å²) in [7, 11) is 1.58. The number of hydrogen-bond donors (Lipinski definition) is 1. The molecule has 0 aliphatic carbocycles. The van der Waals surface area contributed by atoms with E-state index in [4.69, 9.17) is 27.9 Å². The van der Waals surface area contributed by atoms with Gasteiger partial charge in [0.1, 0.15) is 0 Å². The van der Waals surface area contributed by atoms with E-state index in [0.717, 1.165) is 5.56 Å². The number of benzene rings is 1. The van der Waals surface area contributed by atoms with Gasteiger partial charge in [-0.2, -0.15) is 0 Å². The van der Waals surface area contributed by atoms with Crippen LogP contribution < -0.4 is 5.32 Å². The number of ether oxygens (including phenoxy) is 1. The molecule has 0 unspecified atom stereocenters. The predicted octanol–water partition coefficient (Wildman–Crippen LogP) is 2.77. The number of rotatable bonds is 5. The summed E-state index contributed by atoms with van der Waals surface area (Å²) in [6.45, 7) is 0.980. The van der Waals surface area contributed by atoms with Gasteiger partial charge in [-0.15, -0.1) is 0 Å². The highest BCUT2D eigenvalue weighted by Crippen LogP contribution is 2.22. The van der Waals surface area contributed by atoms with Crippen LogP contribution in [0.1, 0.15) is 5.56 Å². The Morgan fingerprint density at radius 2 is 2.18 bits per heavy atom. The van der Waals surface area contributed by atoms with Crippen LogP contribution in [0.15, 0.2) is 24.3 Å². The van der Waals surface area contributed by atoms with Crippen molar-refractivity contribution < 1.29 is 9.53 Å². The first-order valence-electron chi connectivity index (χ1n) is 5.03. The summed E-state index contributed by atoms with van der Waals surface area (Å²) in [6, 6.07) is 5.17. The highest BCUT2D eigenvalue weighted by molar-refractivity contribution is 6.42. The van der Waals surface area contributed by atoms with E-state index in [1.807, 2.05) is 0 Å². The van der Waals surface area contributed by atoms with Crippen LogP contribution in [-0.4, -0.2) is 26.2 Å². The van der Waals surface area contributed by atoms with Crippen molar-refractivity contribution in [2.45, 2.75) is 0 Å². The summed E-state index contributed by atoms with van der Waals surface area (Å²) in [6.07, 6.45) is 3.11. The van der Waals surface area contributed by atoms with Crippen molar-refractivity contribution in [1.29, 1.82) is 0 Å². The third-order valence-corrected chi connectivity index (χ3v) is 2.72. The quantitative estimate of drug-likeness (QED) is 0.662. The van der Waals surface area contributed by atoms with Gasteiger partial charge in [0.15, 0.2) is 0 Å². The Balaban J connectivity index is 2.52. The summed E-state index contributed by atoms with van der Waals surface area (Å²) in [5.41, 5.74) is 0.821. The molecule has 0 radical (unpaired) electrons. The van der Waals surface area contributed by atoms with Gasteiger partial charge in [-0.3, -0.25) is 4.79 Å². The van der Waals surface area contributed by atoms with E-state index in [2.05, 4.69) is 5.32 Å². The Morgan fingerprint density at radius 3 is 2.82 bits per heavy atom. The molecule has 1 rings (SSSR count). The van der Waals surface area contributed by atoms with E-state index in [1.165, 1.54) is 6.08 Å². The molecule has 0 saturated carbocycles. The zero-order valence-corrected chi connectivity index (χ0v) is 10.9. The van der Waals surface area contributed by atoms with Crippen molar-refractivity contribution in [2.75, 3.05) is 20.3 Å². The Kier molecular flexibility index (Phi) is 6.05. The largest absolute Gasteiger partial charge is 0.383 e. The summed E-state index contributed by atoms with van der Waals surface area (Å²) >= 11 is 11.6. The SMILES string of the molecule is COCCNC(=O)/C=C/c1ccc(Cl)c(Cl)c1. The second kappa shape index (κ2) is 7.33. The van der Waals surface area contributed by atoms with Gasteiger partial charge >= 0.3 is 0 Å². The molecule has 0 atom stereocenters. The van der Waals surface area contributed by atoms with Crippen molar-refractivity contribution >= 4 is 35.2 Å². The fourth-order valence-corrected chi connectivity index (χ4v) is 1.43. The van der Waals surface area contributed by atoms with Gasteiger partial charge < -0.3 is 10.1 Å². The molecule has 0 spiro atoms. The van der Waals surface area contributed by atoms with Crippen LogP contribution in [0.2, 0.25) is 10.0 Å². The van der Waals surface area contributed by atoms with E-state index in [9.17, 15) is 4.79 Å². The lowest BCUT2D eigenvalue weighted by molar-refractivity contribution is -0.116. The monoisotopic (exact) mass is 273 g/mol. The zero-order chi connectivity index (χ0) is 12.7. The maximum Gasteiger partial charge on any atom is 0.244 e. The standard InChI is InChI=1S/C12H13Cl2NO2/c1-17-7-6-15-12(16)5-3-9-2-4-10(13)11(14)8-9/h2-5,8H,6-7H2,1H3,(H,15,16)/b5-3+. The highest BCUT2D eigenvalue weighted by Gasteiger charge is 1.98. The van der Waals surface area contributed by atoms with Gasteiger partial charge in [0.2, 0.25) is 5.91 Å². The van der Waals surface area contributed by atoms with Crippen LogP contribution in [-0.2, 0) is 9.53 Å². The molecule has 0 aliphatic rings. The van der Waals surface area contributed by atoms with Crippen LogP contribution in [0.25, 0.3) is 6.08 Å². The van der Waals surface area contributed by atoms with E-state index in [1.54, 1.807) is 31.4 Å². The first-order valence-corrected chi connectivity index (χ1v) is 5.79. The smallest absolute Gasteiger partial charge is 0.244 e. The molecule has 1 aromatic rings. The number of hydrogen-bond acceptors (Lipinski definition) is 2. The lowest BCUT2D eigenvalue weighted by Gasteiger charge is -2.00. The minimum Gasteiger partial charge on any atom is -0.383 e. The lowest BCUT2D eigenvalue weighted by Crippen LogP contribution is -2.24. The van der Waals surface area contributed by atoms with Crippen LogP contribution in [0.4, 0.5) is 0 Å². The van der Waals surface area contributed by atoms with Crippen LogP contribution in [0.5, 0.6) is 0 Å². The molecule has 0 heterocycles. The Bertz CT molecular complexity index is 419. The molecular weight excluding hydrogens is 261 g/mol. The van der Waals surface area contributed by atoms with Crippen molar-refractivity contribution in [3.8, 4) is 0 Å². The second-order valence-electron chi connectivity index (χ2n) is 3.29. The summed E-state index contributed by atoms with van der Waals surface area (Å²) < 4.78 is 4.81. The third kappa shape index (κ3) is 5.22. The fraction of sp³-hybridized carbons (Fsp3) is 0.250. The molecule has 1 amide bonds. The minimum atomic E-state index is -0.173. The number of methoxy groups -OCH3 is 1. The fourth-order valence-electron chi connectivity index (χ4n) is 1.12. The van der Waals surface area contributed by atoms with E-state index < -0.39 is 0 Å². The summed E-state index contributed by atoms with van der Waals surface area (Å²) in [4.78, 5) is 11.3. The maximum atomic E-state index is 11.3. The third-order valence-electron chi connectivity index (χ3n) is 1.98. The predicted molar refractivity (Wildman–Crippen MR) is 70.4 cm³/mol. The zero-order valence-electron chi connectivity index (χ0n) is 9.37. The molecule has 1 aromatic carbocycles. The van der Waals surface area contributed by atoms with Crippen LogP contribution >= 0.6 is 23.2 Å². The molecule has 0 bridgehead atoms. The minimum absolute atomic E-state index is 0.173. The second-order valence-corrected chi connectivity index (χ2v) is 4.11. The molecule has 0 aromatic heterocycles. The first-order chi connectivity index (χ1) is 8.13. The normalized spacial score (nSPS) is 10.8. The van der Waals surface area contributed by atoms with Gasteiger partial charge in [-0.1, -0.05) is 29.3 Å². The number of amides is 1. The number of halogens is 2. The van der Waals surface area contributed by atoms with Gasteiger partial charge in [-0.25, -0.2) is 0 Å². The molecule has 0 saturated heterocycles. The van der Waals surface area contributed by atoms with Crippen molar-refractivity contribution in [3.05, 3.63) is 39.9 Å². The molecule has 0 aliphatic heterocycles. The number of carbonyl (C=O) groups is 1. The molecule has 17 heavy (non-hydrogen) atoms. The Hall–Kier alpha value is -1.03. The Morgan fingerprint density at radius 1 is 1.41 bits per heavy atom. The average Bonchev–Trinajstić information content (AvgIpc) is 2.31. The maximum absolute atomic E-state index is 11.3. The first kappa shape index (κ1) is 14.0. The van der Waals surface area contributed by atoms with Gasteiger partial charge in [0.25, 0.3) is 0 Å². The van der Waals surface area contributed by atoms with Gasteiger partial charge in [0, 0.05) is 19.7 Å². The van der Waals surface area contributed by atoms with E-state index >= 15 is 0 Å². The highest BCUT2D eigenvalue weighted by atomic mass is 35.5. The van der Waals surface area contributed by atoms with Crippen LogP contribution in [0, 0.1) is 0 Å².